The van der Waals surface area contributed by atoms with Crippen LogP contribution >= 0.6 is 34.5 Å². The Morgan fingerprint density at radius 2 is 2.07 bits per heavy atom. The SMILES string of the molecule is CC1CCc2c(sc(NC(=O)C=Cc3ccc(Cl)cc3Cl)c2C(=O)OC(C)C)C1. The van der Waals surface area contributed by atoms with E-state index < -0.39 is 0 Å². The Hall–Kier alpha value is -1.82. The van der Waals surface area contributed by atoms with Crippen molar-refractivity contribution in [2.75, 3.05) is 5.32 Å². The predicted octanol–water partition coefficient (Wildman–Crippen LogP) is 6.40. The summed E-state index contributed by atoms with van der Waals surface area (Å²) in [5, 5.41) is 4.40. The molecular formula is C22H23Cl2NO3S. The number of halogens is 2. The van der Waals surface area contributed by atoms with Gasteiger partial charge in [-0.2, -0.15) is 0 Å². The third kappa shape index (κ3) is 5.41. The Labute approximate surface area is 184 Å². The summed E-state index contributed by atoms with van der Waals surface area (Å²) >= 11 is 13.5. The van der Waals surface area contributed by atoms with Crippen LogP contribution in [0.25, 0.3) is 6.08 Å². The molecule has 1 aliphatic carbocycles. The van der Waals surface area contributed by atoms with Crippen LogP contribution in [0.15, 0.2) is 24.3 Å². The monoisotopic (exact) mass is 451 g/mol. The van der Waals surface area contributed by atoms with Gasteiger partial charge < -0.3 is 10.1 Å². The number of fused-ring (bicyclic) bond motifs is 1. The number of rotatable bonds is 5. The van der Waals surface area contributed by atoms with Gasteiger partial charge in [0.1, 0.15) is 5.00 Å². The van der Waals surface area contributed by atoms with Crippen LogP contribution in [0.3, 0.4) is 0 Å². The zero-order valence-electron chi connectivity index (χ0n) is 16.6. The topological polar surface area (TPSA) is 55.4 Å². The maximum absolute atomic E-state index is 12.7. The number of carbonyl (C=O) groups is 2. The number of hydrogen-bond donors (Lipinski definition) is 1. The Morgan fingerprint density at radius 3 is 2.76 bits per heavy atom. The number of benzene rings is 1. The lowest BCUT2D eigenvalue weighted by Gasteiger charge is -2.18. The highest BCUT2D eigenvalue weighted by Gasteiger charge is 2.29. The molecule has 7 heteroatoms. The molecule has 1 atom stereocenters. The van der Waals surface area contributed by atoms with Gasteiger partial charge in [-0.1, -0.05) is 36.2 Å². The molecule has 0 spiro atoms. The van der Waals surface area contributed by atoms with E-state index >= 15 is 0 Å². The molecular weight excluding hydrogens is 429 g/mol. The van der Waals surface area contributed by atoms with Crippen molar-refractivity contribution < 1.29 is 14.3 Å². The molecule has 1 heterocycles. The second-order valence-electron chi connectivity index (χ2n) is 7.50. The molecule has 1 unspecified atom stereocenters. The zero-order chi connectivity index (χ0) is 21.1. The van der Waals surface area contributed by atoms with E-state index in [1.54, 1.807) is 24.3 Å². The predicted molar refractivity (Wildman–Crippen MR) is 120 cm³/mol. The van der Waals surface area contributed by atoms with Crippen molar-refractivity contribution >= 4 is 57.5 Å². The lowest BCUT2D eigenvalue weighted by atomic mass is 9.88. The molecule has 1 amide bonds. The van der Waals surface area contributed by atoms with Crippen LogP contribution in [-0.4, -0.2) is 18.0 Å². The van der Waals surface area contributed by atoms with Crippen LogP contribution in [0.2, 0.25) is 10.0 Å². The fourth-order valence-electron chi connectivity index (χ4n) is 3.28. The largest absolute Gasteiger partial charge is 0.459 e. The highest BCUT2D eigenvalue weighted by molar-refractivity contribution is 7.17. The second-order valence-corrected chi connectivity index (χ2v) is 9.45. The average molecular weight is 452 g/mol. The normalized spacial score (nSPS) is 16.1. The molecule has 4 nitrogen and oxygen atoms in total. The maximum Gasteiger partial charge on any atom is 0.341 e. The summed E-state index contributed by atoms with van der Waals surface area (Å²) in [6, 6.07) is 5.07. The van der Waals surface area contributed by atoms with Crippen LogP contribution in [0, 0.1) is 5.92 Å². The minimum absolute atomic E-state index is 0.226. The molecule has 0 saturated heterocycles. The minimum Gasteiger partial charge on any atom is -0.459 e. The molecule has 1 N–H and O–H groups in total. The Bertz CT molecular complexity index is 965. The number of amides is 1. The molecule has 1 aromatic carbocycles. The van der Waals surface area contributed by atoms with E-state index in [4.69, 9.17) is 27.9 Å². The number of anilines is 1. The lowest BCUT2D eigenvalue weighted by molar-refractivity contribution is -0.111. The van der Waals surface area contributed by atoms with E-state index in [9.17, 15) is 9.59 Å². The van der Waals surface area contributed by atoms with Crippen LogP contribution in [0.5, 0.6) is 0 Å². The molecule has 154 valence electrons. The van der Waals surface area contributed by atoms with Gasteiger partial charge in [0.15, 0.2) is 0 Å². The second kappa shape index (κ2) is 9.33. The Morgan fingerprint density at radius 1 is 1.31 bits per heavy atom. The molecule has 0 radical (unpaired) electrons. The maximum atomic E-state index is 12.7. The van der Waals surface area contributed by atoms with Gasteiger partial charge in [-0.05, 0) is 68.4 Å². The third-order valence-corrected chi connectivity index (χ3v) is 6.40. The summed E-state index contributed by atoms with van der Waals surface area (Å²) in [7, 11) is 0. The summed E-state index contributed by atoms with van der Waals surface area (Å²) in [5.41, 5.74) is 2.20. The number of ether oxygens (including phenoxy) is 1. The molecule has 3 rings (SSSR count). The van der Waals surface area contributed by atoms with Crippen molar-refractivity contribution in [2.24, 2.45) is 5.92 Å². The van der Waals surface area contributed by atoms with Crippen LogP contribution < -0.4 is 5.32 Å². The molecule has 1 aromatic heterocycles. The summed E-state index contributed by atoms with van der Waals surface area (Å²) in [6.45, 7) is 5.83. The van der Waals surface area contributed by atoms with E-state index in [0.29, 0.717) is 32.1 Å². The van der Waals surface area contributed by atoms with Crippen molar-refractivity contribution in [3.63, 3.8) is 0 Å². The molecule has 29 heavy (non-hydrogen) atoms. The standard InChI is InChI=1S/C22H23Cl2NO3S/c1-12(2)28-22(27)20-16-8-4-13(3)10-18(16)29-21(20)25-19(26)9-6-14-5-7-15(23)11-17(14)24/h5-7,9,11-13H,4,8,10H2,1-3H3,(H,25,26). The first-order chi connectivity index (χ1) is 13.7. The van der Waals surface area contributed by atoms with Gasteiger partial charge in [0, 0.05) is 21.0 Å². The van der Waals surface area contributed by atoms with E-state index in [-0.39, 0.29) is 18.0 Å². The molecule has 0 bridgehead atoms. The summed E-state index contributed by atoms with van der Waals surface area (Å²) < 4.78 is 5.43. The quantitative estimate of drug-likeness (QED) is 0.422. The lowest BCUT2D eigenvalue weighted by Crippen LogP contribution is -2.18. The van der Waals surface area contributed by atoms with Crippen LogP contribution in [0.4, 0.5) is 5.00 Å². The number of carbonyl (C=O) groups excluding carboxylic acids is 2. The van der Waals surface area contributed by atoms with Crippen LogP contribution in [-0.2, 0) is 22.4 Å². The van der Waals surface area contributed by atoms with Gasteiger partial charge in [0.25, 0.3) is 0 Å². The van der Waals surface area contributed by atoms with Gasteiger partial charge in [-0.3, -0.25) is 4.79 Å². The molecule has 0 saturated carbocycles. The highest BCUT2D eigenvalue weighted by Crippen LogP contribution is 2.40. The number of esters is 1. The summed E-state index contributed by atoms with van der Waals surface area (Å²) in [5.74, 6) is -0.154. The smallest absolute Gasteiger partial charge is 0.341 e. The van der Waals surface area contributed by atoms with Gasteiger partial charge in [-0.15, -0.1) is 11.3 Å². The van der Waals surface area contributed by atoms with E-state index in [2.05, 4.69) is 12.2 Å². The number of hydrogen-bond acceptors (Lipinski definition) is 4. The summed E-state index contributed by atoms with van der Waals surface area (Å²) in [6.07, 6.45) is 5.55. The van der Waals surface area contributed by atoms with E-state index in [0.717, 1.165) is 29.7 Å². The Balaban J connectivity index is 1.84. The first-order valence-electron chi connectivity index (χ1n) is 9.54. The van der Waals surface area contributed by atoms with Crippen LogP contribution in [0.1, 0.15) is 53.6 Å². The number of nitrogens with one attached hydrogen (secondary N) is 1. The third-order valence-electron chi connectivity index (χ3n) is 4.67. The fourth-order valence-corrected chi connectivity index (χ4v) is 5.16. The van der Waals surface area contributed by atoms with E-state index in [1.807, 2.05) is 13.8 Å². The van der Waals surface area contributed by atoms with E-state index in [1.165, 1.54) is 17.4 Å². The molecule has 0 aliphatic heterocycles. The van der Waals surface area contributed by atoms with Crippen molar-refractivity contribution in [1.82, 2.24) is 0 Å². The first-order valence-corrected chi connectivity index (χ1v) is 11.1. The number of thiophene rings is 1. The fraction of sp³-hybridized carbons (Fsp3) is 0.364. The van der Waals surface area contributed by atoms with Gasteiger partial charge >= 0.3 is 5.97 Å². The van der Waals surface area contributed by atoms with Crippen molar-refractivity contribution in [3.05, 3.63) is 55.9 Å². The van der Waals surface area contributed by atoms with Crippen molar-refractivity contribution in [2.45, 2.75) is 46.1 Å². The van der Waals surface area contributed by atoms with Gasteiger partial charge in [-0.25, -0.2) is 4.79 Å². The highest BCUT2D eigenvalue weighted by atomic mass is 35.5. The van der Waals surface area contributed by atoms with Crippen molar-refractivity contribution in [1.29, 1.82) is 0 Å². The molecule has 0 fully saturated rings. The minimum atomic E-state index is -0.382. The molecule has 1 aliphatic rings. The molecule has 2 aromatic rings. The van der Waals surface area contributed by atoms with Gasteiger partial charge in [0.2, 0.25) is 5.91 Å². The Kier molecular flexibility index (Phi) is 7.04. The van der Waals surface area contributed by atoms with Gasteiger partial charge in [0.05, 0.1) is 11.7 Å². The zero-order valence-corrected chi connectivity index (χ0v) is 18.9. The first kappa shape index (κ1) is 21.9. The summed E-state index contributed by atoms with van der Waals surface area (Å²) in [4.78, 5) is 26.4. The average Bonchev–Trinajstić information content (AvgIpc) is 2.97. The van der Waals surface area contributed by atoms with Crippen molar-refractivity contribution in [3.8, 4) is 0 Å².